The average Bonchev–Trinajstić information content (AvgIpc) is 2.41. The minimum absolute atomic E-state index is 0. The predicted octanol–water partition coefficient (Wildman–Crippen LogP) is 0.937. The fourth-order valence-electron chi connectivity index (χ4n) is 0.671. The van der Waals surface area contributed by atoms with Crippen molar-refractivity contribution in [2.45, 2.75) is 20.8 Å². The standard InChI is InChI=1S/C6H15P.4CO.Ru/c1-4-7(5-2)6-3;4*1-2;/h4-6H2,1-3H3;;;;;. The van der Waals surface area contributed by atoms with Crippen molar-refractivity contribution in [2.75, 3.05) is 18.5 Å². The molecule has 0 amide bonds. The quantitative estimate of drug-likeness (QED) is 0.570. The first-order chi connectivity index (χ1) is 7.35. The fourth-order valence-corrected chi connectivity index (χ4v) is 2.01. The van der Waals surface area contributed by atoms with E-state index in [-0.39, 0.29) is 19.5 Å². The Morgan fingerprint density at radius 2 is 0.750 bits per heavy atom. The van der Waals surface area contributed by atoms with Crippen LogP contribution in [0, 0.1) is 0 Å². The molecule has 0 heterocycles. The summed E-state index contributed by atoms with van der Waals surface area (Å²) in [6, 6.07) is 0. The summed E-state index contributed by atoms with van der Waals surface area (Å²) in [5.74, 6) is 0. The van der Waals surface area contributed by atoms with Gasteiger partial charge in [-0.2, -0.15) is 0 Å². The average molecular weight is 331 g/mol. The van der Waals surface area contributed by atoms with Crippen molar-refractivity contribution >= 4 is 35.1 Å². The van der Waals surface area contributed by atoms with Gasteiger partial charge in [-0.1, -0.05) is 20.8 Å². The van der Waals surface area contributed by atoms with Gasteiger partial charge < -0.3 is 0 Å². The van der Waals surface area contributed by atoms with Gasteiger partial charge in [0.05, 0.1) is 0 Å². The maximum atomic E-state index is 7.50. The van der Waals surface area contributed by atoms with Gasteiger partial charge in [-0.05, 0) is 18.5 Å². The second kappa shape index (κ2) is 84.5. The van der Waals surface area contributed by atoms with Crippen LogP contribution in [0.1, 0.15) is 20.8 Å². The van der Waals surface area contributed by atoms with E-state index in [9.17, 15) is 0 Å². The Balaban J connectivity index is -0.0000000238. The third-order valence-electron chi connectivity index (χ3n) is 1.34. The van der Waals surface area contributed by atoms with Gasteiger partial charge in [0.15, 0.2) is 0 Å². The van der Waals surface area contributed by atoms with Crippen molar-refractivity contribution in [2.24, 2.45) is 0 Å². The molecular weight excluding hydrogens is 316 g/mol. The molecule has 0 bridgehead atoms. The van der Waals surface area contributed by atoms with Crippen LogP contribution in [0.25, 0.3) is 0 Å². The first-order valence-corrected chi connectivity index (χ1v) is 5.78. The van der Waals surface area contributed by atoms with Crippen LogP contribution in [0.3, 0.4) is 0 Å². The summed E-state index contributed by atoms with van der Waals surface area (Å²) in [5.41, 5.74) is 0. The van der Waals surface area contributed by atoms with E-state index in [0.717, 1.165) is 0 Å². The molecule has 0 aromatic carbocycles. The molecule has 4 nitrogen and oxygen atoms in total. The van der Waals surface area contributed by atoms with E-state index >= 15 is 0 Å². The summed E-state index contributed by atoms with van der Waals surface area (Å²) in [6.07, 6.45) is 4.26. The number of rotatable bonds is 3. The van der Waals surface area contributed by atoms with E-state index in [1.165, 1.54) is 18.5 Å². The summed E-state index contributed by atoms with van der Waals surface area (Å²) in [5, 5.41) is 0. The Morgan fingerprint density at radius 1 is 0.625 bits per heavy atom. The first kappa shape index (κ1) is 36.0. The summed E-state index contributed by atoms with van der Waals surface area (Å²) >= 11 is 0. The second-order valence-corrected chi connectivity index (χ2v) is 4.86. The molecule has 6 heteroatoms. The number of hydrogen-bond donors (Lipinski definition) is 0. The van der Waals surface area contributed by atoms with Gasteiger partial charge in [0.25, 0.3) is 27.2 Å². The molecule has 0 spiro atoms. The molecule has 0 fully saturated rings. The smallest absolute Gasteiger partial charge is 0.281 e. The minimum atomic E-state index is 0. The van der Waals surface area contributed by atoms with Crippen LogP contribution in [0.5, 0.6) is 0 Å². The molecular formula is C10H15O4PRu. The van der Waals surface area contributed by atoms with Crippen LogP contribution < -0.4 is 0 Å². The zero-order valence-corrected chi connectivity index (χ0v) is 12.2. The zero-order chi connectivity index (χ0) is 13.7. The Hall–Kier alpha value is -0.267. The Kier molecular flexibility index (Phi) is 190. The molecule has 0 aliphatic rings. The van der Waals surface area contributed by atoms with E-state index in [0.29, 0.717) is 7.92 Å². The fraction of sp³-hybridized carbons (Fsp3) is 0.600. The van der Waals surface area contributed by atoms with Crippen LogP contribution >= 0.6 is 7.92 Å². The molecule has 0 rings (SSSR count). The van der Waals surface area contributed by atoms with Gasteiger partial charge in [0.1, 0.15) is 0 Å². The summed E-state index contributed by atoms with van der Waals surface area (Å²) < 4.78 is 0. The minimum Gasteiger partial charge on any atom is -0.281 e. The molecule has 0 aromatic heterocycles. The van der Waals surface area contributed by atoms with Crippen molar-refractivity contribution in [3.63, 3.8) is 0 Å². The molecule has 0 aliphatic heterocycles. The molecule has 0 saturated carbocycles. The van der Waals surface area contributed by atoms with Crippen molar-refractivity contribution in [1.82, 2.24) is 0 Å². The van der Waals surface area contributed by atoms with Crippen LogP contribution in [0.4, 0.5) is 0 Å². The molecule has 92 valence electrons. The maximum absolute atomic E-state index is 7.50. The van der Waals surface area contributed by atoms with Crippen LogP contribution in [0.15, 0.2) is 0 Å². The van der Waals surface area contributed by atoms with Crippen LogP contribution in [0.2, 0.25) is 0 Å². The van der Waals surface area contributed by atoms with Crippen molar-refractivity contribution in [3.8, 4) is 0 Å². The van der Waals surface area contributed by atoms with Gasteiger partial charge in [0.2, 0.25) is 0 Å². The van der Waals surface area contributed by atoms with Crippen molar-refractivity contribution < 1.29 is 38.7 Å². The van der Waals surface area contributed by atoms with Gasteiger partial charge in [-0.25, -0.2) is 0 Å². The van der Waals surface area contributed by atoms with Gasteiger partial charge in [0, 0.05) is 19.5 Å². The molecule has 0 aliphatic carbocycles. The third kappa shape index (κ3) is 67.7. The summed E-state index contributed by atoms with van der Waals surface area (Å²) in [7, 11) is 0.446. The monoisotopic (exact) mass is 332 g/mol. The van der Waals surface area contributed by atoms with Gasteiger partial charge in [-0.15, -0.1) is 7.92 Å². The second-order valence-electron chi connectivity index (χ2n) is 1.62. The molecule has 0 atom stereocenters. The largest absolute Gasteiger partial charge is 0.281 e. The Bertz CT molecular complexity index is 71.7. The number of hydrogen-bond acceptors (Lipinski definition) is 4. The van der Waals surface area contributed by atoms with E-state index in [1.807, 2.05) is 0 Å². The van der Waals surface area contributed by atoms with Crippen molar-refractivity contribution in [3.05, 3.63) is 0 Å². The molecule has 0 unspecified atom stereocenters. The maximum Gasteiger partial charge on any atom is 0.281 e. The van der Waals surface area contributed by atoms with E-state index in [1.54, 1.807) is 0 Å². The van der Waals surface area contributed by atoms with Crippen LogP contribution in [-0.4, -0.2) is 45.6 Å². The molecule has 8 radical (unpaired) electrons. The number of carbonyl (C=O) groups excluding carboxylic acids is 4. The molecule has 16 heavy (non-hydrogen) atoms. The normalized spacial score (nSPS) is 5.50. The van der Waals surface area contributed by atoms with E-state index in [2.05, 4.69) is 47.9 Å². The van der Waals surface area contributed by atoms with Gasteiger partial charge in [-0.3, -0.25) is 19.2 Å². The zero-order valence-electron chi connectivity index (χ0n) is 9.56. The molecule has 0 aromatic rings. The van der Waals surface area contributed by atoms with E-state index in [4.69, 9.17) is 19.2 Å². The SMILES string of the molecule is CCP(CC)CC.[C]=O.[C]=O.[C]=O.[C]=O.[Ru]. The van der Waals surface area contributed by atoms with Crippen molar-refractivity contribution in [1.29, 1.82) is 0 Å². The first-order valence-electron chi connectivity index (χ1n) is 3.89. The molecule has 0 saturated heterocycles. The predicted molar refractivity (Wildman–Crippen MR) is 61.3 cm³/mol. The third-order valence-corrected chi connectivity index (χ3v) is 4.02. The summed E-state index contributed by atoms with van der Waals surface area (Å²) in [4.78, 5) is 30.0. The summed E-state index contributed by atoms with van der Waals surface area (Å²) in [6.45, 7) is 24.9. The topological polar surface area (TPSA) is 68.3 Å². The Morgan fingerprint density at radius 3 is 0.750 bits per heavy atom. The Labute approximate surface area is 113 Å². The molecule has 0 N–H and O–H groups in total. The van der Waals surface area contributed by atoms with Gasteiger partial charge >= 0.3 is 0 Å². The van der Waals surface area contributed by atoms with E-state index < -0.39 is 0 Å². The van der Waals surface area contributed by atoms with Crippen LogP contribution in [-0.2, 0) is 38.7 Å².